The number of nitrogens with zero attached hydrogens (tertiary/aromatic N) is 3. The Hall–Kier alpha value is -1.96. The van der Waals surface area contributed by atoms with Crippen molar-refractivity contribution in [2.75, 3.05) is 44.2 Å². The first-order valence-corrected chi connectivity index (χ1v) is 16.2. The zero-order valence-electron chi connectivity index (χ0n) is 23.6. The van der Waals surface area contributed by atoms with Crippen molar-refractivity contribution in [1.82, 2.24) is 14.7 Å². The third-order valence-electron chi connectivity index (χ3n) is 7.78. The topological polar surface area (TPSA) is 126 Å². The highest BCUT2D eigenvalue weighted by atomic mass is 32.2. The van der Waals surface area contributed by atoms with E-state index in [2.05, 4.69) is 16.5 Å². The predicted octanol–water partition coefficient (Wildman–Crippen LogP) is 2.69. The molecular formula is C27H38N4O6S2. The average molecular weight is 579 g/mol. The Bertz CT molecular complexity index is 1340. The van der Waals surface area contributed by atoms with Crippen LogP contribution in [0.2, 0.25) is 0 Å². The molecule has 2 aromatic rings. The van der Waals surface area contributed by atoms with E-state index in [4.69, 9.17) is 24.2 Å². The molecule has 1 aromatic heterocycles. The van der Waals surface area contributed by atoms with Crippen LogP contribution >= 0.6 is 0 Å². The number of ether oxygens (including phenoxy) is 3. The lowest BCUT2D eigenvalue weighted by Gasteiger charge is -2.45. The molecule has 0 spiro atoms. The van der Waals surface area contributed by atoms with Gasteiger partial charge in [-0.15, -0.1) is 4.72 Å². The Labute approximate surface area is 234 Å². The van der Waals surface area contributed by atoms with Crippen molar-refractivity contribution in [3.63, 3.8) is 0 Å². The van der Waals surface area contributed by atoms with Gasteiger partial charge in [0.05, 0.1) is 38.5 Å². The molecule has 3 aliphatic heterocycles. The van der Waals surface area contributed by atoms with Gasteiger partial charge < -0.3 is 23.7 Å². The predicted molar refractivity (Wildman–Crippen MR) is 151 cm³/mol. The molecule has 2 fully saturated rings. The van der Waals surface area contributed by atoms with Crippen LogP contribution in [0.25, 0.3) is 11.4 Å². The zero-order chi connectivity index (χ0) is 28.4. The minimum absolute atomic E-state index is 0.0196. The molecule has 0 saturated carbocycles. The number of fused-ring (bicyclic) bond motifs is 3. The Balaban J connectivity index is 1.58. The lowest BCUT2D eigenvalue weighted by atomic mass is 9.88. The Kier molecular flexibility index (Phi) is 7.21. The molecule has 39 heavy (non-hydrogen) atoms. The second-order valence-corrected chi connectivity index (χ2v) is 16.8. The van der Waals surface area contributed by atoms with Crippen LogP contribution in [0.5, 0.6) is 5.75 Å². The molecule has 0 bridgehead atoms. The molecule has 4 heterocycles. The van der Waals surface area contributed by atoms with E-state index in [1.165, 1.54) is 6.26 Å². The van der Waals surface area contributed by atoms with E-state index >= 15 is 0 Å². The van der Waals surface area contributed by atoms with E-state index in [1.807, 2.05) is 45.0 Å². The summed E-state index contributed by atoms with van der Waals surface area (Å²) in [5.41, 5.74) is 1.50. The molecule has 5 rings (SSSR count). The van der Waals surface area contributed by atoms with Crippen molar-refractivity contribution in [3.05, 3.63) is 35.5 Å². The van der Waals surface area contributed by atoms with E-state index in [-0.39, 0.29) is 12.1 Å². The molecule has 0 aliphatic carbocycles. The van der Waals surface area contributed by atoms with Gasteiger partial charge in [-0.2, -0.15) is 0 Å². The van der Waals surface area contributed by atoms with Gasteiger partial charge in [0.2, 0.25) is 0 Å². The third-order valence-corrected chi connectivity index (χ3v) is 11.5. The first-order chi connectivity index (χ1) is 18.1. The van der Waals surface area contributed by atoms with Crippen molar-refractivity contribution < 1.29 is 27.2 Å². The average Bonchev–Trinajstić information content (AvgIpc) is 2.84. The summed E-state index contributed by atoms with van der Waals surface area (Å²) in [6.07, 6.45) is 1.22. The molecule has 3 atom stereocenters. The summed E-state index contributed by atoms with van der Waals surface area (Å²) >= 11 is -1.27. The zero-order valence-corrected chi connectivity index (χ0v) is 25.2. The highest BCUT2D eigenvalue weighted by Crippen LogP contribution is 2.44. The van der Waals surface area contributed by atoms with Crippen molar-refractivity contribution in [2.45, 2.75) is 68.7 Å². The van der Waals surface area contributed by atoms with Gasteiger partial charge in [0.1, 0.15) is 27.3 Å². The van der Waals surface area contributed by atoms with Gasteiger partial charge in [-0.1, -0.05) is 24.3 Å². The maximum absolute atomic E-state index is 12.9. The summed E-state index contributed by atoms with van der Waals surface area (Å²) in [6.45, 7) is 13.4. The Morgan fingerprint density at radius 3 is 2.28 bits per heavy atom. The van der Waals surface area contributed by atoms with Gasteiger partial charge in [0, 0.05) is 23.2 Å². The molecule has 0 radical (unpaired) electrons. The summed E-state index contributed by atoms with van der Waals surface area (Å²) in [5.74, 6) is 1.42. The molecule has 1 N–H and O–H groups in total. The van der Waals surface area contributed by atoms with Gasteiger partial charge in [0.15, 0.2) is 27.2 Å². The van der Waals surface area contributed by atoms with Crippen molar-refractivity contribution in [3.8, 4) is 17.1 Å². The van der Waals surface area contributed by atoms with Crippen LogP contribution in [0.4, 0.5) is 5.82 Å². The van der Waals surface area contributed by atoms with Crippen LogP contribution in [0.15, 0.2) is 24.3 Å². The molecule has 2 saturated heterocycles. The van der Waals surface area contributed by atoms with Gasteiger partial charge in [-0.3, -0.25) is 0 Å². The van der Waals surface area contributed by atoms with Crippen LogP contribution in [-0.4, -0.2) is 79.1 Å². The Morgan fingerprint density at radius 1 is 1.05 bits per heavy atom. The summed E-state index contributed by atoms with van der Waals surface area (Å²) < 4.78 is 57.6. The number of nitrogens with one attached hydrogen (secondary N) is 1. The fraction of sp³-hybridized carbons (Fsp3) is 0.630. The fourth-order valence-corrected chi connectivity index (χ4v) is 6.29. The number of benzene rings is 1. The Morgan fingerprint density at radius 2 is 1.72 bits per heavy atom. The van der Waals surface area contributed by atoms with Crippen LogP contribution in [0.3, 0.4) is 0 Å². The minimum Gasteiger partial charge on any atom is -0.598 e. The number of morpholine rings is 1. The smallest absolute Gasteiger partial charge is 0.185 e. The standard InChI is InChI=1S/C27H38N4O6S2/c1-17-12-35-13-20-14-37-21-22(26(5,6)39(7,33)34)28-23(29-24(21)31(17)20)18-8-10-19(11-9-18)27(15-36-16-27)30-38(32)25(2,3)4/h8-11,17,20,30H,12-16H2,1-7H3/t17-,20+,38?/m1/s1. The highest BCUT2D eigenvalue weighted by molar-refractivity contribution is 7.91. The van der Waals surface area contributed by atoms with Gasteiger partial charge in [-0.25, -0.2) is 18.4 Å². The molecule has 0 amide bonds. The summed E-state index contributed by atoms with van der Waals surface area (Å²) in [6, 6.07) is 7.78. The maximum Gasteiger partial charge on any atom is 0.185 e. The quantitative estimate of drug-likeness (QED) is 0.511. The number of hydrogen-bond acceptors (Lipinski definition) is 10. The molecule has 214 valence electrons. The van der Waals surface area contributed by atoms with Gasteiger partial charge in [-0.05, 0) is 47.1 Å². The SMILES string of the molecule is C[C@@H]1COC[C@H]2COc3c(nc(-c4ccc(C5(N[S+]([O-])C(C)(C)C)COC5)cc4)nc3C(C)(C)S(C)(=O)=O)N21. The number of anilines is 1. The second-order valence-electron chi connectivity index (χ2n) is 12.2. The van der Waals surface area contributed by atoms with E-state index in [0.717, 1.165) is 11.1 Å². The molecule has 1 unspecified atom stereocenters. The van der Waals surface area contributed by atoms with Crippen LogP contribution < -0.4 is 14.4 Å². The number of hydrogen-bond donors (Lipinski definition) is 1. The third kappa shape index (κ3) is 5.04. The maximum atomic E-state index is 12.9. The highest BCUT2D eigenvalue weighted by Gasteiger charge is 2.47. The van der Waals surface area contributed by atoms with Gasteiger partial charge >= 0.3 is 0 Å². The van der Waals surface area contributed by atoms with E-state index < -0.39 is 36.2 Å². The largest absolute Gasteiger partial charge is 0.598 e. The molecule has 3 aliphatic rings. The van der Waals surface area contributed by atoms with Crippen LogP contribution in [0.1, 0.15) is 52.8 Å². The number of sulfone groups is 1. The van der Waals surface area contributed by atoms with Gasteiger partial charge in [0.25, 0.3) is 0 Å². The summed E-state index contributed by atoms with van der Waals surface area (Å²) in [4.78, 5) is 11.9. The molecule has 10 nitrogen and oxygen atoms in total. The van der Waals surface area contributed by atoms with Crippen LogP contribution in [0, 0.1) is 0 Å². The monoisotopic (exact) mass is 578 g/mol. The first-order valence-electron chi connectivity index (χ1n) is 13.1. The normalized spacial score (nSPS) is 23.7. The van der Waals surface area contributed by atoms with Crippen molar-refractivity contribution in [1.29, 1.82) is 0 Å². The molecule has 12 heteroatoms. The second kappa shape index (κ2) is 9.85. The summed E-state index contributed by atoms with van der Waals surface area (Å²) in [7, 11) is -3.54. The van der Waals surface area contributed by atoms with E-state index in [9.17, 15) is 13.0 Å². The first kappa shape index (κ1) is 28.6. The minimum atomic E-state index is -3.54. The van der Waals surface area contributed by atoms with E-state index in [1.54, 1.807) is 13.8 Å². The lowest BCUT2D eigenvalue weighted by molar-refractivity contribution is -0.0666. The molecular weight excluding hydrogens is 540 g/mol. The van der Waals surface area contributed by atoms with Crippen molar-refractivity contribution >= 4 is 27.0 Å². The molecule has 1 aromatic carbocycles. The number of aromatic nitrogens is 2. The fourth-order valence-electron chi connectivity index (χ4n) is 4.90. The number of rotatable bonds is 6. The lowest BCUT2D eigenvalue weighted by Crippen LogP contribution is -2.61. The van der Waals surface area contributed by atoms with Crippen molar-refractivity contribution in [2.24, 2.45) is 0 Å². The van der Waals surface area contributed by atoms with E-state index in [0.29, 0.717) is 56.1 Å². The van der Waals surface area contributed by atoms with Crippen LogP contribution in [-0.2, 0) is 41.0 Å². The summed E-state index contributed by atoms with van der Waals surface area (Å²) in [5, 5.41) is 0.